The van der Waals surface area contributed by atoms with Crippen molar-refractivity contribution < 1.29 is 9.50 Å². The van der Waals surface area contributed by atoms with Crippen molar-refractivity contribution in [3.63, 3.8) is 0 Å². The van der Waals surface area contributed by atoms with E-state index in [1.165, 1.54) is 36.3 Å². The highest BCUT2D eigenvalue weighted by Crippen LogP contribution is 2.42. The van der Waals surface area contributed by atoms with Crippen LogP contribution in [-0.2, 0) is 5.60 Å². The first-order chi connectivity index (χ1) is 15.1. The number of aliphatic hydroxyl groups is 1. The summed E-state index contributed by atoms with van der Waals surface area (Å²) in [6.45, 7) is 1.48. The van der Waals surface area contributed by atoms with Crippen molar-refractivity contribution in [1.82, 2.24) is 20.3 Å². The number of hydrogen-bond donors (Lipinski definition) is 3. The van der Waals surface area contributed by atoms with Crippen LogP contribution in [0.5, 0.6) is 0 Å². The predicted molar refractivity (Wildman–Crippen MR) is 120 cm³/mol. The molecule has 1 aliphatic heterocycles. The van der Waals surface area contributed by atoms with Gasteiger partial charge in [-0.2, -0.15) is 0 Å². The van der Waals surface area contributed by atoms with Gasteiger partial charge in [-0.3, -0.25) is 0 Å². The molecular weight excluding hydrogens is 413 g/mol. The molecule has 3 aromatic rings. The fourth-order valence-electron chi connectivity index (χ4n) is 4.39. The molecule has 1 saturated carbocycles. The lowest BCUT2D eigenvalue weighted by atomic mass is 9.93. The Morgan fingerprint density at radius 2 is 1.94 bits per heavy atom. The first kappa shape index (κ1) is 20.5. The van der Waals surface area contributed by atoms with Crippen LogP contribution in [0, 0.1) is 5.82 Å². The second-order valence-corrected chi connectivity index (χ2v) is 9.38. The highest BCUT2D eigenvalue weighted by atomic mass is 32.1. The normalized spacial score (nSPS) is 18.9. The lowest BCUT2D eigenvalue weighted by molar-refractivity contribution is 0.00582. The van der Waals surface area contributed by atoms with E-state index < -0.39 is 5.60 Å². The molecular formula is C23H26FN5OS. The van der Waals surface area contributed by atoms with Crippen LogP contribution in [0.4, 0.5) is 10.3 Å². The van der Waals surface area contributed by atoms with Crippen LogP contribution in [-0.4, -0.2) is 39.2 Å². The minimum absolute atomic E-state index is 0.315. The monoisotopic (exact) mass is 439 g/mol. The number of thiazole rings is 1. The Morgan fingerprint density at radius 1 is 1.13 bits per heavy atom. The number of nitrogens with one attached hydrogen (secondary N) is 2. The Hall–Kier alpha value is -2.42. The van der Waals surface area contributed by atoms with Gasteiger partial charge in [0.1, 0.15) is 16.4 Å². The summed E-state index contributed by atoms with van der Waals surface area (Å²) >= 11 is 1.44. The molecule has 2 fully saturated rings. The topological polar surface area (TPSA) is 83.0 Å². The number of nitrogens with zero attached hydrogens (tertiary/aromatic N) is 3. The summed E-state index contributed by atoms with van der Waals surface area (Å²) < 4.78 is 14.0. The van der Waals surface area contributed by atoms with Crippen molar-refractivity contribution in [2.75, 3.05) is 18.4 Å². The maximum Gasteiger partial charge on any atom is 0.223 e. The fraction of sp³-hybridized carbons (Fsp3) is 0.435. The zero-order valence-corrected chi connectivity index (χ0v) is 18.1. The van der Waals surface area contributed by atoms with Crippen LogP contribution in [0.1, 0.15) is 43.5 Å². The Bertz CT molecular complexity index is 1060. The highest BCUT2D eigenvalue weighted by Gasteiger charge is 2.36. The van der Waals surface area contributed by atoms with Gasteiger partial charge < -0.3 is 15.7 Å². The molecule has 31 heavy (non-hydrogen) atoms. The minimum Gasteiger partial charge on any atom is -0.383 e. The smallest absolute Gasteiger partial charge is 0.223 e. The van der Waals surface area contributed by atoms with Crippen molar-refractivity contribution in [3.8, 4) is 21.8 Å². The lowest BCUT2D eigenvalue weighted by Gasteiger charge is -2.30. The van der Waals surface area contributed by atoms with Crippen LogP contribution >= 0.6 is 11.3 Å². The van der Waals surface area contributed by atoms with Gasteiger partial charge in [-0.15, -0.1) is 11.3 Å². The number of anilines is 1. The molecule has 1 aromatic carbocycles. The van der Waals surface area contributed by atoms with Crippen molar-refractivity contribution in [2.24, 2.45) is 0 Å². The SMILES string of the molecule is OC1(c2nc(-c3cccc(F)c3)c(-c3ccnc(NC4CCCC4)n3)s2)CCNCC1. The molecule has 0 bridgehead atoms. The van der Waals surface area contributed by atoms with Gasteiger partial charge in [0, 0.05) is 17.8 Å². The molecule has 3 N–H and O–H groups in total. The Labute approximate surface area is 185 Å². The molecule has 0 radical (unpaired) electrons. The highest BCUT2D eigenvalue weighted by molar-refractivity contribution is 7.15. The van der Waals surface area contributed by atoms with E-state index in [1.807, 2.05) is 12.1 Å². The van der Waals surface area contributed by atoms with Gasteiger partial charge in [0.15, 0.2) is 0 Å². The van der Waals surface area contributed by atoms with E-state index in [0.29, 0.717) is 41.1 Å². The fourth-order valence-corrected chi connectivity index (χ4v) is 5.59. The van der Waals surface area contributed by atoms with Gasteiger partial charge in [-0.05, 0) is 57.0 Å². The quantitative estimate of drug-likeness (QED) is 0.549. The van der Waals surface area contributed by atoms with E-state index in [4.69, 9.17) is 9.97 Å². The molecule has 0 spiro atoms. The van der Waals surface area contributed by atoms with Gasteiger partial charge in [-0.1, -0.05) is 25.0 Å². The van der Waals surface area contributed by atoms with Crippen LogP contribution in [0.25, 0.3) is 21.8 Å². The van der Waals surface area contributed by atoms with Gasteiger partial charge >= 0.3 is 0 Å². The van der Waals surface area contributed by atoms with Crippen LogP contribution in [0.3, 0.4) is 0 Å². The number of piperidine rings is 1. The van der Waals surface area contributed by atoms with E-state index in [0.717, 1.165) is 36.5 Å². The van der Waals surface area contributed by atoms with Crippen molar-refractivity contribution >= 4 is 17.3 Å². The second-order valence-electron chi connectivity index (χ2n) is 8.38. The summed E-state index contributed by atoms with van der Waals surface area (Å²) in [5.74, 6) is 0.287. The van der Waals surface area contributed by atoms with Gasteiger partial charge in [0.25, 0.3) is 0 Å². The number of aromatic nitrogens is 3. The van der Waals surface area contributed by atoms with Crippen molar-refractivity contribution in [1.29, 1.82) is 0 Å². The molecule has 6 nitrogen and oxygen atoms in total. The molecule has 1 saturated heterocycles. The largest absolute Gasteiger partial charge is 0.383 e. The average molecular weight is 440 g/mol. The van der Waals surface area contributed by atoms with Gasteiger partial charge in [0.2, 0.25) is 5.95 Å². The predicted octanol–water partition coefficient (Wildman–Crippen LogP) is 4.33. The number of benzene rings is 1. The molecule has 162 valence electrons. The zero-order valence-electron chi connectivity index (χ0n) is 17.3. The molecule has 5 rings (SSSR count). The van der Waals surface area contributed by atoms with Crippen LogP contribution in [0.2, 0.25) is 0 Å². The van der Waals surface area contributed by atoms with Crippen LogP contribution < -0.4 is 10.6 Å². The third-order valence-corrected chi connectivity index (χ3v) is 7.40. The molecule has 0 unspecified atom stereocenters. The first-order valence-corrected chi connectivity index (χ1v) is 11.7. The Kier molecular flexibility index (Phi) is 5.69. The second kappa shape index (κ2) is 8.61. The summed E-state index contributed by atoms with van der Waals surface area (Å²) in [7, 11) is 0. The maximum atomic E-state index is 14.0. The van der Waals surface area contributed by atoms with E-state index >= 15 is 0 Å². The third-order valence-electron chi connectivity index (χ3n) is 6.13. The van der Waals surface area contributed by atoms with E-state index in [1.54, 1.807) is 12.3 Å². The Morgan fingerprint density at radius 3 is 2.71 bits per heavy atom. The molecule has 2 aliphatic rings. The zero-order chi connectivity index (χ0) is 21.3. The molecule has 1 aliphatic carbocycles. The van der Waals surface area contributed by atoms with Crippen molar-refractivity contribution in [2.45, 2.75) is 50.2 Å². The average Bonchev–Trinajstić information content (AvgIpc) is 3.45. The summed E-state index contributed by atoms with van der Waals surface area (Å²) in [6, 6.07) is 8.69. The summed E-state index contributed by atoms with van der Waals surface area (Å²) in [4.78, 5) is 14.8. The molecule has 2 aromatic heterocycles. The minimum atomic E-state index is -0.978. The van der Waals surface area contributed by atoms with E-state index in [-0.39, 0.29) is 5.82 Å². The van der Waals surface area contributed by atoms with E-state index in [9.17, 15) is 9.50 Å². The molecule has 8 heteroatoms. The lowest BCUT2D eigenvalue weighted by Crippen LogP contribution is -2.39. The van der Waals surface area contributed by atoms with Gasteiger partial charge in [-0.25, -0.2) is 19.3 Å². The number of rotatable bonds is 5. The maximum absolute atomic E-state index is 14.0. The molecule has 0 amide bonds. The summed E-state index contributed by atoms with van der Waals surface area (Å²) in [6.07, 6.45) is 7.66. The third kappa shape index (κ3) is 4.33. The van der Waals surface area contributed by atoms with Crippen LogP contribution in [0.15, 0.2) is 36.5 Å². The molecule has 3 heterocycles. The number of halogens is 1. The molecule has 0 atom stereocenters. The first-order valence-electron chi connectivity index (χ1n) is 10.9. The summed E-state index contributed by atoms with van der Waals surface area (Å²) in [5.41, 5.74) is 1.08. The standard InChI is InChI=1S/C23H26FN5OS/c24-16-5-3-4-15(14-16)19-20(31-21(29-19)23(30)9-12-25-13-10-23)18-8-11-26-22(28-18)27-17-6-1-2-7-17/h3-5,8,11,14,17,25,30H,1-2,6-7,9-10,12-13H2,(H,26,27,28). The van der Waals surface area contributed by atoms with Gasteiger partial charge in [0.05, 0.1) is 16.3 Å². The van der Waals surface area contributed by atoms with Crippen molar-refractivity contribution in [3.05, 3.63) is 47.4 Å². The Balaban J connectivity index is 1.56. The van der Waals surface area contributed by atoms with E-state index in [2.05, 4.69) is 15.6 Å². The number of hydrogen-bond acceptors (Lipinski definition) is 7. The summed E-state index contributed by atoms with van der Waals surface area (Å²) in [5, 5.41) is 18.6.